The van der Waals surface area contributed by atoms with Crippen molar-refractivity contribution < 1.29 is 5.11 Å². The lowest BCUT2D eigenvalue weighted by atomic mass is 9.99. The first-order valence-corrected chi connectivity index (χ1v) is 7.72. The fourth-order valence-electron chi connectivity index (χ4n) is 2.09. The fourth-order valence-corrected chi connectivity index (χ4v) is 2.75. The van der Waals surface area contributed by atoms with Gasteiger partial charge in [0.1, 0.15) is 6.10 Å². The third kappa shape index (κ3) is 3.62. The molecule has 0 amide bonds. The highest BCUT2D eigenvalue weighted by Gasteiger charge is 2.10. The van der Waals surface area contributed by atoms with Crippen LogP contribution in [0.25, 0.3) is 0 Å². The van der Waals surface area contributed by atoms with Crippen LogP contribution in [0.1, 0.15) is 36.6 Å². The van der Waals surface area contributed by atoms with E-state index in [0.29, 0.717) is 0 Å². The first kappa shape index (κ1) is 14.2. The monoisotopic (exact) mass is 272 g/mol. The Hall–Kier alpha value is -1.25. The number of thioether (sulfide) groups is 1. The van der Waals surface area contributed by atoms with Crippen molar-refractivity contribution in [3.63, 3.8) is 0 Å². The Morgan fingerprint density at radius 2 is 1.74 bits per heavy atom. The third-order valence-electron chi connectivity index (χ3n) is 3.18. The summed E-state index contributed by atoms with van der Waals surface area (Å²) in [6.07, 6.45) is 0.458. The summed E-state index contributed by atoms with van der Waals surface area (Å²) in [6, 6.07) is 16.4. The summed E-state index contributed by atoms with van der Waals surface area (Å²) >= 11 is 1.82. The average molecular weight is 272 g/mol. The highest BCUT2D eigenvalue weighted by Crippen LogP contribution is 2.25. The molecule has 0 aliphatic heterocycles. The van der Waals surface area contributed by atoms with E-state index in [2.05, 4.69) is 38.1 Å². The van der Waals surface area contributed by atoms with Gasteiger partial charge >= 0.3 is 0 Å². The van der Waals surface area contributed by atoms with Crippen LogP contribution in [0.15, 0.2) is 53.4 Å². The third-order valence-corrected chi connectivity index (χ3v) is 4.08. The van der Waals surface area contributed by atoms with Gasteiger partial charge in [0.25, 0.3) is 0 Å². The van der Waals surface area contributed by atoms with Gasteiger partial charge in [-0.2, -0.15) is 0 Å². The van der Waals surface area contributed by atoms with Crippen molar-refractivity contribution in [3.05, 3.63) is 65.2 Å². The first-order valence-electron chi connectivity index (χ1n) is 6.74. The van der Waals surface area contributed by atoms with Crippen LogP contribution in [-0.2, 0) is 6.42 Å². The molecule has 0 saturated heterocycles. The van der Waals surface area contributed by atoms with Crippen LogP contribution < -0.4 is 0 Å². The minimum atomic E-state index is -0.535. The van der Waals surface area contributed by atoms with Crippen molar-refractivity contribution in [3.8, 4) is 0 Å². The van der Waals surface area contributed by atoms with Crippen molar-refractivity contribution in [2.24, 2.45) is 0 Å². The van der Waals surface area contributed by atoms with E-state index >= 15 is 0 Å². The molecule has 0 bridgehead atoms. The van der Waals surface area contributed by atoms with Crippen molar-refractivity contribution in [2.75, 3.05) is 5.75 Å². The van der Waals surface area contributed by atoms with E-state index in [1.54, 1.807) is 0 Å². The number of benzene rings is 2. The maximum atomic E-state index is 10.4. The summed E-state index contributed by atoms with van der Waals surface area (Å²) in [5.41, 5.74) is 3.18. The van der Waals surface area contributed by atoms with E-state index in [-0.39, 0.29) is 0 Å². The summed E-state index contributed by atoms with van der Waals surface area (Å²) in [5, 5.41) is 10.4. The van der Waals surface area contributed by atoms with Gasteiger partial charge in [-0.3, -0.25) is 0 Å². The summed E-state index contributed by atoms with van der Waals surface area (Å²) in [5.74, 6) is 1.07. The molecular weight excluding hydrogens is 252 g/mol. The lowest BCUT2D eigenvalue weighted by molar-refractivity contribution is 0.220. The molecule has 2 aromatic rings. The van der Waals surface area contributed by atoms with Crippen LogP contribution in [0, 0.1) is 0 Å². The van der Waals surface area contributed by atoms with Crippen LogP contribution in [0.4, 0.5) is 0 Å². The minimum absolute atomic E-state index is 0.535. The SMILES string of the molecule is CCSc1ccc(C(O)c2cccc(CC)c2)cc1. The van der Waals surface area contributed by atoms with Crippen LogP contribution in [-0.4, -0.2) is 10.9 Å². The minimum Gasteiger partial charge on any atom is -0.384 e. The summed E-state index contributed by atoms with van der Waals surface area (Å²) in [4.78, 5) is 1.25. The van der Waals surface area contributed by atoms with Gasteiger partial charge in [-0.05, 0) is 41.0 Å². The predicted octanol–water partition coefficient (Wildman–Crippen LogP) is 4.44. The van der Waals surface area contributed by atoms with Gasteiger partial charge in [0, 0.05) is 4.90 Å². The molecule has 2 aromatic carbocycles. The Kier molecular flexibility index (Phi) is 5.06. The lowest BCUT2D eigenvalue weighted by Gasteiger charge is -2.13. The summed E-state index contributed by atoms with van der Waals surface area (Å²) in [7, 11) is 0. The number of aliphatic hydroxyl groups excluding tert-OH is 1. The van der Waals surface area contributed by atoms with Crippen molar-refractivity contribution in [1.82, 2.24) is 0 Å². The van der Waals surface area contributed by atoms with E-state index in [4.69, 9.17) is 0 Å². The molecule has 1 unspecified atom stereocenters. The molecule has 2 rings (SSSR count). The van der Waals surface area contributed by atoms with Crippen molar-refractivity contribution in [2.45, 2.75) is 31.3 Å². The normalized spacial score (nSPS) is 12.4. The Morgan fingerprint density at radius 1 is 1.00 bits per heavy atom. The van der Waals surface area contributed by atoms with Crippen LogP contribution in [0.3, 0.4) is 0 Å². The molecule has 0 fully saturated rings. The highest BCUT2D eigenvalue weighted by molar-refractivity contribution is 7.99. The van der Waals surface area contributed by atoms with Crippen LogP contribution >= 0.6 is 11.8 Å². The summed E-state index contributed by atoms with van der Waals surface area (Å²) in [6.45, 7) is 4.27. The Labute approximate surface area is 119 Å². The van der Waals surface area contributed by atoms with Gasteiger partial charge in [0.2, 0.25) is 0 Å². The first-order chi connectivity index (χ1) is 9.24. The van der Waals surface area contributed by atoms with Crippen molar-refractivity contribution >= 4 is 11.8 Å². The van der Waals surface area contributed by atoms with E-state index in [1.807, 2.05) is 36.0 Å². The molecule has 0 saturated carbocycles. The number of aryl methyl sites for hydroxylation is 1. The standard InChI is InChI=1S/C17H20OS/c1-3-13-6-5-7-15(12-13)17(18)14-8-10-16(11-9-14)19-4-2/h5-12,17-18H,3-4H2,1-2H3. The second kappa shape index (κ2) is 6.78. The number of aliphatic hydroxyl groups is 1. The Balaban J connectivity index is 2.20. The Morgan fingerprint density at radius 3 is 2.37 bits per heavy atom. The molecule has 2 heteroatoms. The fraction of sp³-hybridized carbons (Fsp3) is 0.294. The molecule has 100 valence electrons. The molecule has 1 N–H and O–H groups in total. The summed E-state index contributed by atoms with van der Waals surface area (Å²) < 4.78 is 0. The molecule has 19 heavy (non-hydrogen) atoms. The van der Waals surface area contributed by atoms with Crippen LogP contribution in [0.2, 0.25) is 0 Å². The molecule has 0 radical (unpaired) electrons. The molecule has 0 aromatic heterocycles. The zero-order chi connectivity index (χ0) is 13.7. The molecule has 0 heterocycles. The molecular formula is C17H20OS. The van der Waals surface area contributed by atoms with Gasteiger partial charge in [-0.25, -0.2) is 0 Å². The zero-order valence-corrected chi connectivity index (χ0v) is 12.3. The smallest absolute Gasteiger partial charge is 0.104 e. The number of hydrogen-bond acceptors (Lipinski definition) is 2. The highest BCUT2D eigenvalue weighted by atomic mass is 32.2. The van der Waals surface area contributed by atoms with Crippen LogP contribution in [0.5, 0.6) is 0 Å². The van der Waals surface area contributed by atoms with E-state index < -0.39 is 6.10 Å². The van der Waals surface area contributed by atoms with E-state index in [9.17, 15) is 5.11 Å². The Bertz CT molecular complexity index is 519. The topological polar surface area (TPSA) is 20.2 Å². The van der Waals surface area contributed by atoms with Gasteiger partial charge in [0.15, 0.2) is 0 Å². The molecule has 0 aliphatic rings. The van der Waals surface area contributed by atoms with Gasteiger partial charge in [-0.15, -0.1) is 11.8 Å². The van der Waals surface area contributed by atoms with E-state index in [0.717, 1.165) is 23.3 Å². The second-order valence-electron chi connectivity index (χ2n) is 4.50. The maximum absolute atomic E-state index is 10.4. The molecule has 1 nitrogen and oxygen atoms in total. The molecule has 0 aliphatic carbocycles. The van der Waals surface area contributed by atoms with Gasteiger partial charge in [0.05, 0.1) is 0 Å². The predicted molar refractivity (Wildman–Crippen MR) is 82.7 cm³/mol. The van der Waals surface area contributed by atoms with E-state index in [1.165, 1.54) is 10.5 Å². The second-order valence-corrected chi connectivity index (χ2v) is 5.84. The number of rotatable bonds is 5. The van der Waals surface area contributed by atoms with Gasteiger partial charge in [-0.1, -0.05) is 50.2 Å². The molecule has 1 atom stereocenters. The zero-order valence-electron chi connectivity index (χ0n) is 11.5. The quantitative estimate of drug-likeness (QED) is 0.812. The maximum Gasteiger partial charge on any atom is 0.104 e. The average Bonchev–Trinajstić information content (AvgIpc) is 2.48. The lowest BCUT2D eigenvalue weighted by Crippen LogP contribution is -2.00. The molecule has 0 spiro atoms. The number of hydrogen-bond donors (Lipinski definition) is 1. The largest absolute Gasteiger partial charge is 0.384 e. The van der Waals surface area contributed by atoms with Gasteiger partial charge < -0.3 is 5.11 Å². The van der Waals surface area contributed by atoms with Crippen molar-refractivity contribution in [1.29, 1.82) is 0 Å².